The van der Waals surface area contributed by atoms with Gasteiger partial charge >= 0.3 is 11.9 Å². The number of hydrogen-bond acceptors (Lipinski definition) is 4. The minimum absolute atomic E-state index is 0.396. The topological polar surface area (TPSA) is 52.6 Å². The molecule has 0 aliphatic rings. The summed E-state index contributed by atoms with van der Waals surface area (Å²) < 4.78 is 9.73. The predicted octanol–water partition coefficient (Wildman–Crippen LogP) is 4.57. The summed E-state index contributed by atoms with van der Waals surface area (Å²) in [6, 6.07) is 0. The summed E-state index contributed by atoms with van der Waals surface area (Å²) in [6.07, 6.45) is 9.68. The third-order valence-electron chi connectivity index (χ3n) is 3.79. The number of carbonyl (C=O) groups is 2. The normalized spacial score (nSPS) is 11.8. The highest BCUT2D eigenvalue weighted by Crippen LogP contribution is 2.22. The summed E-state index contributed by atoms with van der Waals surface area (Å²) >= 11 is 0. The molecular formula is C18H32O4. The second kappa shape index (κ2) is 13.4. The molecule has 0 unspecified atom stereocenters. The first-order valence-electron chi connectivity index (χ1n) is 8.50. The van der Waals surface area contributed by atoms with Gasteiger partial charge in [-0.3, -0.25) is 0 Å². The molecule has 0 heterocycles. The van der Waals surface area contributed by atoms with Gasteiger partial charge < -0.3 is 9.47 Å². The number of ether oxygens (including phenoxy) is 2. The van der Waals surface area contributed by atoms with Gasteiger partial charge in [-0.05, 0) is 25.7 Å². The van der Waals surface area contributed by atoms with Gasteiger partial charge in [0.25, 0.3) is 0 Å². The minimum Gasteiger partial charge on any atom is -0.466 e. The van der Waals surface area contributed by atoms with Gasteiger partial charge in [0.05, 0.1) is 14.2 Å². The predicted molar refractivity (Wildman–Crippen MR) is 88.6 cm³/mol. The number of esters is 2. The van der Waals surface area contributed by atoms with Crippen molar-refractivity contribution in [2.75, 3.05) is 14.2 Å². The first-order valence-corrected chi connectivity index (χ1v) is 8.50. The summed E-state index contributed by atoms with van der Waals surface area (Å²) in [5.41, 5.74) is 1.00. The van der Waals surface area contributed by atoms with Gasteiger partial charge in [0, 0.05) is 11.1 Å². The molecule has 0 aromatic carbocycles. The van der Waals surface area contributed by atoms with Crippen molar-refractivity contribution in [3.63, 3.8) is 0 Å². The Morgan fingerprint density at radius 3 is 1.41 bits per heavy atom. The fourth-order valence-electron chi connectivity index (χ4n) is 2.46. The highest BCUT2D eigenvalue weighted by atomic mass is 16.5. The van der Waals surface area contributed by atoms with E-state index in [2.05, 4.69) is 13.8 Å². The van der Waals surface area contributed by atoms with E-state index in [4.69, 9.17) is 9.47 Å². The molecule has 0 N–H and O–H groups in total. The standard InChI is InChI=1S/C18H32O4/c1-5-7-9-10-12-14-16(18(20)22-4)15(17(19)21-3)13-11-8-6-2/h5-14H2,1-4H3. The van der Waals surface area contributed by atoms with E-state index in [1.54, 1.807) is 0 Å². The summed E-state index contributed by atoms with van der Waals surface area (Å²) in [5, 5.41) is 0. The van der Waals surface area contributed by atoms with Crippen LogP contribution in [-0.2, 0) is 19.1 Å². The van der Waals surface area contributed by atoms with Crippen LogP contribution in [-0.4, -0.2) is 26.2 Å². The number of rotatable bonds is 12. The quantitative estimate of drug-likeness (QED) is 0.301. The second-order valence-corrected chi connectivity index (χ2v) is 5.56. The Balaban J connectivity index is 4.96. The zero-order valence-corrected chi connectivity index (χ0v) is 14.7. The fraction of sp³-hybridized carbons (Fsp3) is 0.778. The maximum atomic E-state index is 12.0. The second-order valence-electron chi connectivity index (χ2n) is 5.56. The Bertz CT molecular complexity index is 358. The van der Waals surface area contributed by atoms with Gasteiger partial charge in [-0.25, -0.2) is 9.59 Å². The Morgan fingerprint density at radius 2 is 1.00 bits per heavy atom. The van der Waals surface area contributed by atoms with Crippen molar-refractivity contribution in [2.45, 2.75) is 78.1 Å². The molecule has 128 valence electrons. The van der Waals surface area contributed by atoms with E-state index in [1.165, 1.54) is 27.1 Å². The van der Waals surface area contributed by atoms with Gasteiger partial charge in [0.1, 0.15) is 0 Å². The summed E-state index contributed by atoms with van der Waals surface area (Å²) in [4.78, 5) is 24.1. The Morgan fingerprint density at radius 1 is 0.636 bits per heavy atom. The van der Waals surface area contributed by atoms with E-state index in [1.807, 2.05) is 0 Å². The molecule has 0 radical (unpaired) electrons. The average Bonchev–Trinajstić information content (AvgIpc) is 2.54. The van der Waals surface area contributed by atoms with Crippen molar-refractivity contribution >= 4 is 11.9 Å². The van der Waals surface area contributed by atoms with Crippen LogP contribution in [0.15, 0.2) is 11.1 Å². The Hall–Kier alpha value is -1.32. The molecular weight excluding hydrogens is 280 g/mol. The third-order valence-corrected chi connectivity index (χ3v) is 3.79. The van der Waals surface area contributed by atoms with Crippen LogP contribution in [0.1, 0.15) is 78.1 Å². The molecule has 0 fully saturated rings. The summed E-state index contributed by atoms with van der Waals surface area (Å²) in [7, 11) is 2.72. The largest absolute Gasteiger partial charge is 0.466 e. The number of carbonyl (C=O) groups excluding carboxylic acids is 2. The molecule has 0 atom stereocenters. The molecule has 0 amide bonds. The van der Waals surface area contributed by atoms with Gasteiger partial charge in [-0.15, -0.1) is 0 Å². The zero-order chi connectivity index (χ0) is 16.8. The molecule has 0 aromatic rings. The number of hydrogen-bond donors (Lipinski definition) is 0. The smallest absolute Gasteiger partial charge is 0.334 e. The van der Waals surface area contributed by atoms with Crippen LogP contribution >= 0.6 is 0 Å². The van der Waals surface area contributed by atoms with E-state index in [-0.39, 0.29) is 0 Å². The average molecular weight is 312 g/mol. The van der Waals surface area contributed by atoms with Crippen LogP contribution in [0.3, 0.4) is 0 Å². The molecule has 0 aromatic heterocycles. The van der Waals surface area contributed by atoms with Crippen molar-refractivity contribution in [2.24, 2.45) is 0 Å². The third kappa shape index (κ3) is 8.20. The van der Waals surface area contributed by atoms with Crippen LogP contribution in [0.2, 0.25) is 0 Å². The van der Waals surface area contributed by atoms with Gasteiger partial charge in [-0.2, -0.15) is 0 Å². The van der Waals surface area contributed by atoms with Crippen molar-refractivity contribution in [1.29, 1.82) is 0 Å². The summed E-state index contributed by atoms with van der Waals surface area (Å²) in [6.45, 7) is 4.28. The Labute approximate surface area is 135 Å². The SMILES string of the molecule is CCCCCCCC(C(=O)OC)=C(CCCCC)C(=O)OC. The van der Waals surface area contributed by atoms with Crippen molar-refractivity contribution in [3.05, 3.63) is 11.1 Å². The van der Waals surface area contributed by atoms with Crippen molar-refractivity contribution in [3.8, 4) is 0 Å². The molecule has 0 spiro atoms. The maximum Gasteiger partial charge on any atom is 0.334 e. The van der Waals surface area contributed by atoms with Gasteiger partial charge in [-0.1, -0.05) is 52.4 Å². The zero-order valence-electron chi connectivity index (χ0n) is 14.7. The number of methoxy groups -OCH3 is 2. The van der Waals surface area contributed by atoms with Crippen LogP contribution in [0.5, 0.6) is 0 Å². The minimum atomic E-state index is -0.398. The van der Waals surface area contributed by atoms with Crippen LogP contribution in [0.25, 0.3) is 0 Å². The highest BCUT2D eigenvalue weighted by Gasteiger charge is 2.21. The lowest BCUT2D eigenvalue weighted by molar-refractivity contribution is -0.139. The molecule has 0 aliphatic carbocycles. The first-order chi connectivity index (χ1) is 10.6. The van der Waals surface area contributed by atoms with E-state index in [0.717, 1.165) is 38.5 Å². The molecule has 0 bridgehead atoms. The van der Waals surface area contributed by atoms with Gasteiger partial charge in [0.2, 0.25) is 0 Å². The molecule has 0 aliphatic heterocycles. The van der Waals surface area contributed by atoms with Crippen molar-refractivity contribution < 1.29 is 19.1 Å². The van der Waals surface area contributed by atoms with Crippen molar-refractivity contribution in [1.82, 2.24) is 0 Å². The molecule has 0 saturated carbocycles. The Kier molecular flexibility index (Phi) is 12.5. The maximum absolute atomic E-state index is 12.0. The molecule has 4 nitrogen and oxygen atoms in total. The van der Waals surface area contributed by atoms with E-state index in [0.29, 0.717) is 24.0 Å². The molecule has 4 heteroatoms. The first kappa shape index (κ1) is 20.7. The molecule has 0 rings (SSSR count). The monoisotopic (exact) mass is 312 g/mol. The van der Waals surface area contributed by atoms with Crippen LogP contribution < -0.4 is 0 Å². The summed E-state index contributed by atoms with van der Waals surface area (Å²) in [5.74, 6) is -0.794. The number of unbranched alkanes of at least 4 members (excludes halogenated alkanes) is 6. The fourth-order valence-corrected chi connectivity index (χ4v) is 2.46. The highest BCUT2D eigenvalue weighted by molar-refractivity contribution is 6.00. The van der Waals surface area contributed by atoms with E-state index >= 15 is 0 Å². The lowest BCUT2D eigenvalue weighted by Crippen LogP contribution is -2.15. The van der Waals surface area contributed by atoms with E-state index < -0.39 is 11.9 Å². The van der Waals surface area contributed by atoms with Crippen LogP contribution in [0, 0.1) is 0 Å². The van der Waals surface area contributed by atoms with Gasteiger partial charge in [0.15, 0.2) is 0 Å². The molecule has 22 heavy (non-hydrogen) atoms. The van der Waals surface area contributed by atoms with E-state index in [9.17, 15) is 9.59 Å². The lowest BCUT2D eigenvalue weighted by atomic mass is 9.96. The van der Waals surface area contributed by atoms with Crippen LogP contribution in [0.4, 0.5) is 0 Å². The molecule has 0 saturated heterocycles. The lowest BCUT2D eigenvalue weighted by Gasteiger charge is -2.12.